The average Bonchev–Trinajstić information content (AvgIpc) is 3.25. The van der Waals surface area contributed by atoms with Crippen molar-refractivity contribution in [1.29, 1.82) is 0 Å². The second kappa shape index (κ2) is 19.2. The van der Waals surface area contributed by atoms with Crippen LogP contribution in [0.3, 0.4) is 0 Å². The first-order valence-corrected chi connectivity index (χ1v) is 20.0. The van der Waals surface area contributed by atoms with Gasteiger partial charge in [-0.2, -0.15) is 0 Å². The van der Waals surface area contributed by atoms with Crippen LogP contribution in [-0.4, -0.2) is 219 Å². The number of Topliss-reactive ketones (excluding diaryl/α,β-unsaturated/α-hetero) is 1. The van der Waals surface area contributed by atoms with E-state index in [9.17, 15) is 76.3 Å². The maximum Gasteiger partial charge on any atom is 0.229 e. The van der Waals surface area contributed by atoms with E-state index in [1.54, 1.807) is 0 Å². The van der Waals surface area contributed by atoms with Crippen molar-refractivity contribution in [3.8, 4) is 23.0 Å². The maximum atomic E-state index is 14.5. The standard InChI is InChI=1S/C39H52O24/c1-11-21(43)26(48)30(52)36(56-11)55-10-19-24(46)28(50)32(54)38(61-19)63-35-29(51)23(45)18(9-40)60-39(35)62-34-25(47)20-16(42)7-15(58-37-31(53)27(49)22(44)12(2)57-37)8-17(20)59-33(34)13-3-5-14(41)6-4-13/h3-8,11-12,18-19,21-24,26-46,48-54H,9-10H2,1-2H3. The van der Waals surface area contributed by atoms with Crippen LogP contribution >= 0.6 is 0 Å². The van der Waals surface area contributed by atoms with Crippen molar-refractivity contribution in [2.75, 3.05) is 13.2 Å². The zero-order valence-corrected chi connectivity index (χ0v) is 33.4. The van der Waals surface area contributed by atoms with Crippen LogP contribution < -0.4 is 9.47 Å². The topological polar surface area (TPSA) is 383 Å². The molecule has 24 nitrogen and oxygen atoms in total. The number of carbonyl (C=O) groups excluding carboxylic acids is 1. The molecule has 0 radical (unpaired) electrons. The van der Waals surface area contributed by atoms with E-state index in [0.717, 1.165) is 12.1 Å². The number of benzene rings is 2. The second-order valence-electron chi connectivity index (χ2n) is 16.0. The molecule has 0 amide bonds. The lowest BCUT2D eigenvalue weighted by Gasteiger charge is -2.47. The number of fused-ring (bicyclic) bond motifs is 1. The highest BCUT2D eigenvalue weighted by Gasteiger charge is 2.54. The lowest BCUT2D eigenvalue weighted by Crippen LogP contribution is -2.65. The molecule has 0 saturated carbocycles. The summed E-state index contributed by atoms with van der Waals surface area (Å²) in [5.41, 5.74) is -0.292. The van der Waals surface area contributed by atoms with E-state index in [1.807, 2.05) is 0 Å². The number of aliphatic hydroxyl groups is 12. The molecule has 0 spiro atoms. The molecule has 14 N–H and O–H groups in total. The Balaban J connectivity index is 1.15. The molecule has 7 rings (SSSR count). The second-order valence-corrected chi connectivity index (χ2v) is 16.0. The fraction of sp³-hybridized carbons (Fsp3) is 0.667. The fourth-order valence-corrected chi connectivity index (χ4v) is 7.87. The Morgan fingerprint density at radius 2 is 1.14 bits per heavy atom. The molecule has 352 valence electrons. The van der Waals surface area contributed by atoms with Gasteiger partial charge in [0, 0.05) is 12.1 Å². The van der Waals surface area contributed by atoms with Crippen molar-refractivity contribution in [2.24, 2.45) is 0 Å². The number of hydrogen-bond donors (Lipinski definition) is 14. The van der Waals surface area contributed by atoms with E-state index in [0.29, 0.717) is 0 Å². The third-order valence-corrected chi connectivity index (χ3v) is 11.7. The number of phenols is 2. The van der Waals surface area contributed by atoms with Crippen LogP contribution in [0.1, 0.15) is 35.9 Å². The van der Waals surface area contributed by atoms with Crippen molar-refractivity contribution >= 4 is 5.78 Å². The largest absolute Gasteiger partial charge is 0.508 e. The van der Waals surface area contributed by atoms with E-state index in [4.69, 9.17) is 42.6 Å². The summed E-state index contributed by atoms with van der Waals surface area (Å²) >= 11 is 0. The molecule has 4 saturated heterocycles. The number of hydrogen-bond acceptors (Lipinski definition) is 24. The highest BCUT2D eigenvalue weighted by atomic mass is 16.8. The van der Waals surface area contributed by atoms with E-state index in [2.05, 4.69) is 0 Å². The van der Waals surface area contributed by atoms with Gasteiger partial charge in [0.1, 0.15) is 114 Å². The number of rotatable bonds is 11. The normalized spacial score (nSPS) is 44.4. The van der Waals surface area contributed by atoms with Gasteiger partial charge >= 0.3 is 0 Å². The summed E-state index contributed by atoms with van der Waals surface area (Å²) in [7, 11) is 0. The minimum Gasteiger partial charge on any atom is -0.508 e. The first-order chi connectivity index (χ1) is 29.8. The maximum absolute atomic E-state index is 14.5. The van der Waals surface area contributed by atoms with Gasteiger partial charge in [0.2, 0.25) is 12.1 Å². The van der Waals surface area contributed by atoms with Crippen molar-refractivity contribution in [3.05, 3.63) is 47.5 Å². The van der Waals surface area contributed by atoms with E-state index in [-0.39, 0.29) is 22.8 Å². The van der Waals surface area contributed by atoms with Crippen LogP contribution in [0.25, 0.3) is 0 Å². The molecule has 5 heterocycles. The highest BCUT2D eigenvalue weighted by Crippen LogP contribution is 2.45. The van der Waals surface area contributed by atoms with Gasteiger partial charge in [-0.05, 0) is 31.5 Å². The highest BCUT2D eigenvalue weighted by molar-refractivity contribution is 6.05. The zero-order chi connectivity index (χ0) is 45.8. The number of aliphatic hydroxyl groups excluding tert-OH is 12. The summed E-state index contributed by atoms with van der Waals surface area (Å²) in [6.45, 7) is 1.23. The third kappa shape index (κ3) is 9.34. The number of ketones is 1. The molecular formula is C39H52O24. The Kier molecular flexibility index (Phi) is 14.5. The van der Waals surface area contributed by atoms with E-state index in [1.165, 1.54) is 38.1 Å². The number of phenolic OH excluding ortho intramolecular Hbond substituents is 2. The van der Waals surface area contributed by atoms with Gasteiger partial charge in [-0.25, -0.2) is 0 Å². The quantitative estimate of drug-likeness (QED) is 0.1000. The van der Waals surface area contributed by atoms with Crippen molar-refractivity contribution in [3.63, 3.8) is 0 Å². The van der Waals surface area contributed by atoms with E-state index < -0.39 is 165 Å². The molecule has 5 aliphatic rings. The van der Waals surface area contributed by atoms with Gasteiger partial charge in [0.15, 0.2) is 31.1 Å². The monoisotopic (exact) mass is 904 g/mol. The first kappa shape index (κ1) is 47.5. The summed E-state index contributed by atoms with van der Waals surface area (Å²) in [5, 5.41) is 148. The minimum absolute atomic E-state index is 0.179. The molecule has 24 heteroatoms. The van der Waals surface area contributed by atoms with Crippen LogP contribution in [0.5, 0.6) is 23.0 Å². The van der Waals surface area contributed by atoms with Crippen LogP contribution in [0.2, 0.25) is 0 Å². The molecule has 0 bridgehead atoms. The van der Waals surface area contributed by atoms with Crippen LogP contribution in [-0.2, 0) is 33.2 Å². The van der Waals surface area contributed by atoms with E-state index >= 15 is 0 Å². The molecule has 22 atom stereocenters. The molecule has 5 aliphatic heterocycles. The SMILES string of the molecule is CC1OC(OCC2OC(OC3C(OC4C(=O)c5c(O)cc(OC6OC(C)C(O)C(O)C6O)cc5OC4c4ccc(O)cc4)OC(CO)C(O)C3O)C(O)C(O)C2O)C(O)C(O)C1O. The first-order valence-electron chi connectivity index (χ1n) is 20.0. The van der Waals surface area contributed by atoms with Crippen molar-refractivity contribution in [1.82, 2.24) is 0 Å². The summed E-state index contributed by atoms with van der Waals surface area (Å²) in [6.07, 6.45) is -37.2. The molecule has 63 heavy (non-hydrogen) atoms. The van der Waals surface area contributed by atoms with Crippen molar-refractivity contribution in [2.45, 2.75) is 149 Å². The van der Waals surface area contributed by atoms with Crippen molar-refractivity contribution < 1.29 is 119 Å². The lowest BCUT2D eigenvalue weighted by molar-refractivity contribution is -0.375. The molecule has 0 aromatic heterocycles. The molecule has 2 aromatic carbocycles. The fourth-order valence-electron chi connectivity index (χ4n) is 7.87. The van der Waals surface area contributed by atoms with Gasteiger partial charge in [-0.1, -0.05) is 12.1 Å². The molecule has 22 unspecified atom stereocenters. The summed E-state index contributed by atoms with van der Waals surface area (Å²) < 4.78 is 51.8. The smallest absolute Gasteiger partial charge is 0.229 e. The molecule has 0 aliphatic carbocycles. The average molecular weight is 905 g/mol. The van der Waals surface area contributed by atoms with Gasteiger partial charge < -0.3 is 114 Å². The molecule has 4 fully saturated rings. The van der Waals surface area contributed by atoms with Crippen LogP contribution in [0.4, 0.5) is 0 Å². The predicted molar refractivity (Wildman–Crippen MR) is 199 cm³/mol. The Morgan fingerprint density at radius 3 is 1.78 bits per heavy atom. The number of ether oxygens (including phenoxy) is 9. The Bertz CT molecular complexity index is 1870. The molecule has 2 aromatic rings. The van der Waals surface area contributed by atoms with Gasteiger partial charge in [-0.15, -0.1) is 0 Å². The Morgan fingerprint density at radius 1 is 0.587 bits per heavy atom. The Hall–Kier alpha value is -3.45. The van der Waals surface area contributed by atoms with Crippen LogP contribution in [0, 0.1) is 0 Å². The summed E-state index contributed by atoms with van der Waals surface area (Å²) in [4.78, 5) is 14.5. The third-order valence-electron chi connectivity index (χ3n) is 11.7. The Labute approximate surface area is 357 Å². The van der Waals surface area contributed by atoms with Gasteiger partial charge in [-0.3, -0.25) is 4.79 Å². The lowest BCUT2D eigenvalue weighted by atomic mass is 9.92. The zero-order valence-electron chi connectivity index (χ0n) is 33.4. The van der Waals surface area contributed by atoms with Gasteiger partial charge in [0.25, 0.3) is 0 Å². The number of carbonyl (C=O) groups is 1. The predicted octanol–water partition coefficient (Wildman–Crippen LogP) is -5.52. The van der Waals surface area contributed by atoms with Gasteiger partial charge in [0.05, 0.1) is 25.4 Å². The number of aromatic hydroxyl groups is 2. The van der Waals surface area contributed by atoms with Crippen LogP contribution in [0.15, 0.2) is 36.4 Å². The minimum atomic E-state index is -2.08. The summed E-state index contributed by atoms with van der Waals surface area (Å²) in [5.74, 6) is -2.41. The molecular weight excluding hydrogens is 852 g/mol. The summed E-state index contributed by atoms with van der Waals surface area (Å²) in [6, 6.07) is 7.37.